The third-order valence-corrected chi connectivity index (χ3v) is 3.19. The fourth-order valence-electron chi connectivity index (χ4n) is 2.12. The van der Waals surface area contributed by atoms with Gasteiger partial charge in [-0.2, -0.15) is 0 Å². The van der Waals surface area contributed by atoms with E-state index in [0.717, 1.165) is 0 Å². The van der Waals surface area contributed by atoms with Gasteiger partial charge in [-0.05, 0) is 36.4 Å². The molecule has 0 atom stereocenters. The molecule has 0 aliphatic heterocycles. The summed E-state index contributed by atoms with van der Waals surface area (Å²) in [6, 6.07) is 9.19. The van der Waals surface area contributed by atoms with Gasteiger partial charge in [-0.15, -0.1) is 5.10 Å². The van der Waals surface area contributed by atoms with Crippen molar-refractivity contribution in [3.05, 3.63) is 60.0 Å². The Hall–Kier alpha value is -3.55. The minimum atomic E-state index is -1.20. The number of aromatic nitrogens is 4. The molecule has 0 saturated heterocycles. The van der Waals surface area contributed by atoms with Crippen molar-refractivity contribution in [3.63, 3.8) is 0 Å². The van der Waals surface area contributed by atoms with E-state index in [1.54, 1.807) is 12.1 Å². The molecule has 0 spiro atoms. The van der Waals surface area contributed by atoms with Crippen molar-refractivity contribution >= 4 is 11.9 Å². The highest BCUT2D eigenvalue weighted by atomic mass is 16.4. The molecule has 2 N–H and O–H groups in total. The molecular formula is C15H10N4O4. The van der Waals surface area contributed by atoms with Crippen molar-refractivity contribution in [2.75, 3.05) is 0 Å². The molecule has 8 heteroatoms. The monoisotopic (exact) mass is 310 g/mol. The van der Waals surface area contributed by atoms with Crippen LogP contribution in [0.4, 0.5) is 0 Å². The van der Waals surface area contributed by atoms with Crippen LogP contribution in [0, 0.1) is 0 Å². The predicted octanol–water partition coefficient (Wildman–Crippen LogP) is 1.73. The van der Waals surface area contributed by atoms with Gasteiger partial charge in [-0.25, -0.2) is 14.3 Å². The Morgan fingerprint density at radius 3 is 2.13 bits per heavy atom. The molecule has 3 aromatic rings. The maximum atomic E-state index is 11.4. The maximum absolute atomic E-state index is 11.4. The average Bonchev–Trinajstić information content (AvgIpc) is 3.01. The summed E-state index contributed by atoms with van der Waals surface area (Å²) < 4.78 is 1.35. The Bertz CT molecular complexity index is 872. The van der Waals surface area contributed by atoms with Crippen LogP contribution in [0.25, 0.3) is 16.9 Å². The fourth-order valence-corrected chi connectivity index (χ4v) is 2.12. The van der Waals surface area contributed by atoms with Crippen molar-refractivity contribution in [2.24, 2.45) is 0 Å². The second-order valence-electron chi connectivity index (χ2n) is 4.59. The van der Waals surface area contributed by atoms with E-state index in [0.29, 0.717) is 16.9 Å². The van der Waals surface area contributed by atoms with Gasteiger partial charge in [0.15, 0.2) is 5.69 Å². The number of pyridine rings is 1. The molecule has 0 bridgehead atoms. The zero-order valence-corrected chi connectivity index (χ0v) is 11.6. The average molecular weight is 310 g/mol. The molecule has 0 saturated carbocycles. The molecule has 0 amide bonds. The second kappa shape index (κ2) is 5.68. The molecule has 1 aromatic carbocycles. The summed E-state index contributed by atoms with van der Waals surface area (Å²) in [4.78, 5) is 26.2. The smallest absolute Gasteiger partial charge is 0.358 e. The number of carboxylic acid groups (broad SMARTS) is 2. The Morgan fingerprint density at radius 2 is 1.57 bits per heavy atom. The number of nitrogens with zero attached hydrogens (tertiary/aromatic N) is 4. The lowest BCUT2D eigenvalue weighted by atomic mass is 10.1. The van der Waals surface area contributed by atoms with Gasteiger partial charge in [0, 0.05) is 18.0 Å². The first-order chi connectivity index (χ1) is 11.1. The Kier molecular flexibility index (Phi) is 3.55. The highest BCUT2D eigenvalue weighted by molar-refractivity contribution is 5.93. The van der Waals surface area contributed by atoms with Gasteiger partial charge in [0.25, 0.3) is 0 Å². The Labute approximate surface area is 129 Å². The molecule has 2 aromatic heterocycles. The minimum Gasteiger partial charge on any atom is -0.478 e. The molecule has 0 unspecified atom stereocenters. The van der Waals surface area contributed by atoms with Gasteiger partial charge >= 0.3 is 11.9 Å². The molecule has 23 heavy (non-hydrogen) atoms. The van der Waals surface area contributed by atoms with Crippen LogP contribution in [-0.4, -0.2) is 42.1 Å². The summed E-state index contributed by atoms with van der Waals surface area (Å²) in [7, 11) is 0. The molecular weight excluding hydrogens is 300 g/mol. The zero-order valence-electron chi connectivity index (χ0n) is 11.6. The molecule has 114 valence electrons. The molecule has 2 heterocycles. The van der Waals surface area contributed by atoms with Gasteiger partial charge in [0.1, 0.15) is 5.69 Å². The van der Waals surface area contributed by atoms with Crippen LogP contribution in [0.5, 0.6) is 0 Å². The number of carboxylic acids is 2. The van der Waals surface area contributed by atoms with E-state index < -0.39 is 11.9 Å². The maximum Gasteiger partial charge on any atom is 0.358 e. The van der Waals surface area contributed by atoms with Crippen LogP contribution in [-0.2, 0) is 0 Å². The first kappa shape index (κ1) is 14.4. The lowest BCUT2D eigenvalue weighted by Crippen LogP contribution is -2.04. The van der Waals surface area contributed by atoms with E-state index >= 15 is 0 Å². The van der Waals surface area contributed by atoms with E-state index in [9.17, 15) is 14.7 Å². The van der Waals surface area contributed by atoms with Crippen LogP contribution in [0.1, 0.15) is 20.8 Å². The Balaban J connectivity index is 2.16. The van der Waals surface area contributed by atoms with Crippen molar-refractivity contribution in [1.29, 1.82) is 0 Å². The van der Waals surface area contributed by atoms with Gasteiger partial charge in [-0.3, -0.25) is 4.98 Å². The van der Waals surface area contributed by atoms with Crippen LogP contribution in [0.3, 0.4) is 0 Å². The normalized spacial score (nSPS) is 10.4. The lowest BCUT2D eigenvalue weighted by molar-refractivity contribution is 0.0683. The van der Waals surface area contributed by atoms with Gasteiger partial charge in [0.2, 0.25) is 0 Å². The fraction of sp³-hybridized carbons (Fsp3) is 0. The lowest BCUT2D eigenvalue weighted by Gasteiger charge is -2.07. The summed E-state index contributed by atoms with van der Waals surface area (Å²) in [5, 5.41) is 25.8. The summed E-state index contributed by atoms with van der Waals surface area (Å²) in [5.74, 6) is -2.25. The molecule has 0 aliphatic carbocycles. The molecule has 3 rings (SSSR count). The van der Waals surface area contributed by atoms with E-state index in [4.69, 9.17) is 5.11 Å². The second-order valence-corrected chi connectivity index (χ2v) is 4.59. The first-order valence-corrected chi connectivity index (χ1v) is 6.51. The molecule has 0 aliphatic rings. The van der Waals surface area contributed by atoms with Gasteiger partial charge in [0.05, 0.1) is 11.3 Å². The van der Waals surface area contributed by atoms with Crippen molar-refractivity contribution in [1.82, 2.24) is 20.0 Å². The standard InChI is InChI=1S/C15H10N4O4/c20-14(21)10-1-3-11(4-2-10)19-13(9-5-7-16-8-6-9)12(15(22)23)17-18-19/h1-8H,(H,20,21)(H,22,23). The van der Waals surface area contributed by atoms with Crippen molar-refractivity contribution < 1.29 is 19.8 Å². The van der Waals surface area contributed by atoms with Gasteiger partial charge < -0.3 is 10.2 Å². The molecule has 0 fully saturated rings. The number of hydrogen-bond donors (Lipinski definition) is 2. The number of aromatic carboxylic acids is 2. The largest absolute Gasteiger partial charge is 0.478 e. The SMILES string of the molecule is O=C(O)c1ccc(-n2nnc(C(=O)O)c2-c2ccncc2)cc1. The summed E-state index contributed by atoms with van der Waals surface area (Å²) in [6.07, 6.45) is 3.07. The van der Waals surface area contributed by atoms with E-state index in [2.05, 4.69) is 15.3 Å². The zero-order chi connectivity index (χ0) is 16.4. The van der Waals surface area contributed by atoms with Crippen LogP contribution in [0.15, 0.2) is 48.8 Å². The third kappa shape index (κ3) is 2.64. The van der Waals surface area contributed by atoms with E-state index in [1.807, 2.05) is 0 Å². The Morgan fingerprint density at radius 1 is 0.913 bits per heavy atom. The summed E-state index contributed by atoms with van der Waals surface area (Å²) in [5.41, 5.74) is 1.31. The van der Waals surface area contributed by atoms with Crippen LogP contribution >= 0.6 is 0 Å². The number of carbonyl (C=O) groups is 2. The quantitative estimate of drug-likeness (QED) is 0.753. The van der Waals surface area contributed by atoms with Crippen molar-refractivity contribution in [3.8, 4) is 16.9 Å². The predicted molar refractivity (Wildman–Crippen MR) is 78.5 cm³/mol. The topological polar surface area (TPSA) is 118 Å². The summed E-state index contributed by atoms with van der Waals surface area (Å²) >= 11 is 0. The van der Waals surface area contributed by atoms with Gasteiger partial charge in [-0.1, -0.05) is 5.21 Å². The highest BCUT2D eigenvalue weighted by Crippen LogP contribution is 2.25. The highest BCUT2D eigenvalue weighted by Gasteiger charge is 2.21. The third-order valence-electron chi connectivity index (χ3n) is 3.19. The number of hydrogen-bond acceptors (Lipinski definition) is 5. The number of rotatable bonds is 4. The van der Waals surface area contributed by atoms with E-state index in [-0.39, 0.29) is 11.3 Å². The van der Waals surface area contributed by atoms with Crippen molar-refractivity contribution in [2.45, 2.75) is 0 Å². The molecule has 8 nitrogen and oxygen atoms in total. The molecule has 0 radical (unpaired) electrons. The minimum absolute atomic E-state index is 0.123. The summed E-state index contributed by atoms with van der Waals surface area (Å²) in [6.45, 7) is 0. The van der Waals surface area contributed by atoms with E-state index in [1.165, 1.54) is 41.3 Å². The van der Waals surface area contributed by atoms with Crippen LogP contribution < -0.4 is 0 Å². The first-order valence-electron chi connectivity index (χ1n) is 6.51. The number of benzene rings is 1. The van der Waals surface area contributed by atoms with Crippen LogP contribution in [0.2, 0.25) is 0 Å².